The number of aliphatic hydroxyl groups is 1. The molecule has 1 aliphatic heterocycles. The van der Waals surface area contributed by atoms with Gasteiger partial charge in [0.25, 0.3) is 0 Å². The van der Waals surface area contributed by atoms with Gasteiger partial charge in [-0.1, -0.05) is 58.0 Å². The van der Waals surface area contributed by atoms with E-state index in [4.69, 9.17) is 15.3 Å². The first kappa shape index (κ1) is 31.4. The van der Waals surface area contributed by atoms with Crippen LogP contribution < -0.4 is 15.8 Å². The molecule has 234 valence electrons. The van der Waals surface area contributed by atoms with Crippen LogP contribution in [0.5, 0.6) is 11.5 Å². The minimum absolute atomic E-state index is 0.0663. The third-order valence-corrected chi connectivity index (χ3v) is 10.7. The average molecular weight is 594 g/mol. The van der Waals surface area contributed by atoms with Crippen LogP contribution in [-0.2, 0) is 16.2 Å². The van der Waals surface area contributed by atoms with Crippen molar-refractivity contribution in [1.29, 1.82) is 0 Å². The number of ether oxygens (including phenoxy) is 1. The van der Waals surface area contributed by atoms with Crippen molar-refractivity contribution < 1.29 is 29.4 Å². The second kappa shape index (κ2) is 12.2. The molecule has 1 amide bonds. The lowest BCUT2D eigenvalue weighted by Gasteiger charge is -2.62. The zero-order valence-corrected chi connectivity index (χ0v) is 26.2. The van der Waals surface area contributed by atoms with Crippen LogP contribution in [0.1, 0.15) is 69.8 Å². The molecule has 2 aromatic carbocycles. The molecule has 4 aliphatic rings. The van der Waals surface area contributed by atoms with E-state index in [0.29, 0.717) is 40.0 Å². The first-order chi connectivity index (χ1) is 20.4. The third kappa shape index (κ3) is 5.45. The van der Waals surface area contributed by atoms with Gasteiger partial charge in [-0.3, -0.25) is 14.4 Å². The molecule has 2 bridgehead atoms. The van der Waals surface area contributed by atoms with Gasteiger partial charge < -0.3 is 26.0 Å². The van der Waals surface area contributed by atoms with Gasteiger partial charge in [0.1, 0.15) is 17.5 Å². The zero-order valence-electron chi connectivity index (χ0n) is 26.2. The Labute approximate surface area is 254 Å². The van der Waals surface area contributed by atoms with E-state index in [0.717, 1.165) is 12.0 Å². The van der Waals surface area contributed by atoms with Crippen molar-refractivity contribution in [2.24, 2.45) is 34.8 Å². The Kier molecular flexibility index (Phi) is 8.91. The summed E-state index contributed by atoms with van der Waals surface area (Å²) >= 11 is 0. The van der Waals surface area contributed by atoms with Gasteiger partial charge in [0.05, 0.1) is 31.4 Å². The molecule has 0 spiro atoms. The minimum atomic E-state index is -0.825. The molecule has 5 N–H and O–H groups in total. The minimum Gasteiger partial charge on any atom is -0.507 e. The number of nitrogens with one attached hydrogen (secondary N) is 1. The number of hydrogen-bond donors (Lipinski definition) is 4. The van der Waals surface area contributed by atoms with Gasteiger partial charge in [0.2, 0.25) is 5.91 Å². The summed E-state index contributed by atoms with van der Waals surface area (Å²) in [5.74, 6) is 1.07. The number of hydrogen-bond acceptors (Lipinski definition) is 8. The summed E-state index contributed by atoms with van der Waals surface area (Å²) in [5.41, 5.74) is 8.46. The van der Waals surface area contributed by atoms with Gasteiger partial charge in [0, 0.05) is 41.6 Å². The Balaban J connectivity index is 1.45. The smallest absolute Gasteiger partial charge is 0.240 e. The first-order valence-electron chi connectivity index (χ1n) is 15.6. The molecule has 8 atom stereocenters. The van der Waals surface area contributed by atoms with Crippen LogP contribution in [0.25, 0.3) is 11.1 Å². The van der Waals surface area contributed by atoms with Gasteiger partial charge >= 0.3 is 0 Å². The maximum atomic E-state index is 14.1. The van der Waals surface area contributed by atoms with Crippen LogP contribution in [0, 0.1) is 29.1 Å². The molecule has 1 saturated heterocycles. The van der Waals surface area contributed by atoms with E-state index in [2.05, 4.69) is 26.1 Å². The molecule has 0 radical (unpaired) electrons. The number of nitrogens with two attached hydrogens (primary N) is 1. The lowest BCUT2D eigenvalue weighted by atomic mass is 9.45. The molecule has 9 heteroatoms. The summed E-state index contributed by atoms with van der Waals surface area (Å²) in [6.07, 6.45) is 1.07. The average Bonchev–Trinajstić information content (AvgIpc) is 3.36. The number of rotatable bonds is 10. The molecule has 3 aliphatic carbocycles. The van der Waals surface area contributed by atoms with Crippen LogP contribution in [0.4, 0.5) is 0 Å². The molecule has 2 aromatic rings. The number of fused-ring (bicyclic) bond motifs is 2. The van der Waals surface area contributed by atoms with Crippen molar-refractivity contribution in [3.63, 3.8) is 0 Å². The molecule has 6 rings (SSSR count). The maximum absolute atomic E-state index is 14.1. The van der Waals surface area contributed by atoms with Crippen molar-refractivity contribution in [1.82, 2.24) is 10.4 Å². The number of ketones is 1. The van der Waals surface area contributed by atoms with Crippen molar-refractivity contribution in [2.75, 3.05) is 13.7 Å². The summed E-state index contributed by atoms with van der Waals surface area (Å²) in [6.45, 7) is 10.7. The fourth-order valence-corrected chi connectivity index (χ4v) is 8.04. The number of aliphatic hydroxyl groups excluding tert-OH is 1. The molecule has 3 saturated carbocycles. The van der Waals surface area contributed by atoms with Gasteiger partial charge in [-0.25, -0.2) is 0 Å². The molecule has 1 heterocycles. The number of phenols is 1. The number of nitrogens with zero attached hydrogens (tertiary/aromatic N) is 1. The number of aromatic hydroxyl groups is 1. The lowest BCUT2D eigenvalue weighted by molar-refractivity contribution is -0.175. The van der Waals surface area contributed by atoms with Crippen LogP contribution in [0.3, 0.4) is 0 Å². The molecule has 0 unspecified atom stereocenters. The standard InChI is InChI=1S/C34H47N3O6/c1-7-27(39)24-13-9-11-22(31(24)40)23-12-8-10-20(32(23)42-6)17-37-30(29(19(3)38)28(16-35)43-37)33(41)36-26-15-21-14-25(18(26)2)34(21,4)5/h8-13,18-19,21,25-26,28-30,38,40H,7,14-17,35H2,1-6H3,(H,36,41)/t18-,19-,21+,25-,26-,28-,29-,30-/m0/s1. The van der Waals surface area contributed by atoms with Crippen molar-refractivity contribution in [3.05, 3.63) is 47.5 Å². The summed E-state index contributed by atoms with van der Waals surface area (Å²) in [5, 5.41) is 26.8. The highest BCUT2D eigenvalue weighted by Gasteiger charge is 2.57. The largest absolute Gasteiger partial charge is 0.507 e. The Morgan fingerprint density at radius 1 is 1.19 bits per heavy atom. The summed E-state index contributed by atoms with van der Waals surface area (Å²) in [6, 6.07) is 9.95. The highest BCUT2D eigenvalue weighted by Crippen LogP contribution is 2.61. The Bertz CT molecular complexity index is 1360. The fourth-order valence-electron chi connectivity index (χ4n) is 8.04. The summed E-state index contributed by atoms with van der Waals surface area (Å²) < 4.78 is 5.86. The number of hydroxylamine groups is 2. The number of phenolic OH excluding ortho intramolecular Hbond substituents is 1. The highest BCUT2D eigenvalue weighted by atomic mass is 16.7. The van der Waals surface area contributed by atoms with E-state index in [9.17, 15) is 19.8 Å². The number of Topliss-reactive ketones (excluding diaryl/α,β-unsaturated/α-hetero) is 1. The summed E-state index contributed by atoms with van der Waals surface area (Å²) in [7, 11) is 1.55. The second-order valence-electron chi connectivity index (χ2n) is 13.3. The second-order valence-corrected chi connectivity index (χ2v) is 13.3. The maximum Gasteiger partial charge on any atom is 0.240 e. The van der Waals surface area contributed by atoms with E-state index in [1.807, 2.05) is 18.2 Å². The van der Waals surface area contributed by atoms with E-state index in [-0.39, 0.29) is 48.6 Å². The SMILES string of the molecule is CCC(=O)c1cccc(-c2cccc(CN3O[C@@H](CN)[C@H]([C@H](C)O)[C@H]3C(=O)N[C@H]3C[C@H]4C[C@@H]([C@@H]3C)C4(C)C)c2OC)c1O. The Hall–Kier alpha value is -2.98. The van der Waals surface area contributed by atoms with Crippen LogP contribution >= 0.6 is 0 Å². The van der Waals surface area contributed by atoms with Crippen LogP contribution in [-0.4, -0.2) is 64.9 Å². The quantitative estimate of drug-likeness (QED) is 0.300. The zero-order chi connectivity index (χ0) is 31.2. The number of benzene rings is 2. The van der Waals surface area contributed by atoms with E-state index in [1.165, 1.54) is 6.42 Å². The van der Waals surface area contributed by atoms with E-state index in [1.54, 1.807) is 44.2 Å². The van der Waals surface area contributed by atoms with Crippen molar-refractivity contribution in [2.45, 2.75) is 84.7 Å². The predicted octanol–water partition coefficient (Wildman–Crippen LogP) is 4.29. The third-order valence-electron chi connectivity index (χ3n) is 10.7. The predicted molar refractivity (Wildman–Crippen MR) is 164 cm³/mol. The topological polar surface area (TPSA) is 134 Å². The van der Waals surface area contributed by atoms with E-state index >= 15 is 0 Å². The van der Waals surface area contributed by atoms with Gasteiger partial charge in [0.15, 0.2) is 5.78 Å². The molecule has 0 aromatic heterocycles. The van der Waals surface area contributed by atoms with Crippen LogP contribution in [0.15, 0.2) is 36.4 Å². The fraction of sp³-hybridized carbons (Fsp3) is 0.588. The molecule has 43 heavy (non-hydrogen) atoms. The molecule has 9 nitrogen and oxygen atoms in total. The molecular formula is C34H47N3O6. The normalized spacial score (nSPS) is 30.4. The van der Waals surface area contributed by atoms with Gasteiger partial charge in [-0.05, 0) is 49.0 Å². The Morgan fingerprint density at radius 3 is 2.49 bits per heavy atom. The molecular weight excluding hydrogens is 546 g/mol. The van der Waals surface area contributed by atoms with Gasteiger partial charge in [-0.2, -0.15) is 5.06 Å². The highest BCUT2D eigenvalue weighted by molar-refractivity contribution is 6.00. The van der Waals surface area contributed by atoms with Crippen LogP contribution in [0.2, 0.25) is 0 Å². The Morgan fingerprint density at radius 2 is 1.88 bits per heavy atom. The summed E-state index contributed by atoms with van der Waals surface area (Å²) in [4.78, 5) is 32.8. The van der Waals surface area contributed by atoms with Crippen molar-refractivity contribution >= 4 is 11.7 Å². The number of para-hydroxylation sites is 2. The lowest BCUT2D eigenvalue weighted by Crippen LogP contribution is -2.62. The first-order valence-corrected chi connectivity index (χ1v) is 15.6. The number of methoxy groups -OCH3 is 1. The monoisotopic (exact) mass is 593 g/mol. The number of carbonyl (C=O) groups is 2. The van der Waals surface area contributed by atoms with Crippen molar-refractivity contribution in [3.8, 4) is 22.6 Å². The molecule has 4 fully saturated rings. The van der Waals surface area contributed by atoms with Gasteiger partial charge in [-0.15, -0.1) is 0 Å². The number of carbonyl (C=O) groups excluding carboxylic acids is 2. The number of amides is 1. The van der Waals surface area contributed by atoms with E-state index < -0.39 is 24.2 Å².